The highest BCUT2D eigenvalue weighted by atomic mass is 35.5. The molecule has 0 radical (unpaired) electrons. The number of benzene rings is 1. The molecule has 1 heterocycles. The molecule has 84 valence electrons. The third kappa shape index (κ3) is 2.02. The van der Waals surface area contributed by atoms with Crippen LogP contribution >= 0.6 is 11.6 Å². The lowest BCUT2D eigenvalue weighted by atomic mass is 10.2. The molecule has 0 aliphatic heterocycles. The first-order valence-corrected chi connectivity index (χ1v) is 5.34. The molecule has 2 aromatic rings. The monoisotopic (exact) mass is 237 g/mol. The van der Waals surface area contributed by atoms with Gasteiger partial charge in [0.15, 0.2) is 0 Å². The van der Waals surface area contributed by atoms with Crippen molar-refractivity contribution in [3.8, 4) is 11.5 Å². The van der Waals surface area contributed by atoms with Crippen LogP contribution in [0.15, 0.2) is 22.6 Å². The molecule has 5 heteroatoms. The summed E-state index contributed by atoms with van der Waals surface area (Å²) in [5, 5.41) is 8.45. The molecule has 1 aromatic carbocycles. The summed E-state index contributed by atoms with van der Waals surface area (Å²) in [7, 11) is 0. The molecule has 0 aliphatic rings. The van der Waals surface area contributed by atoms with E-state index in [0.717, 1.165) is 0 Å². The van der Waals surface area contributed by atoms with Crippen LogP contribution in [0.5, 0.6) is 0 Å². The minimum absolute atomic E-state index is 0.195. The lowest BCUT2D eigenvalue weighted by molar-refractivity contribution is 0.481. The Balaban J connectivity index is 2.46. The molecule has 2 N–H and O–H groups in total. The molecule has 1 aromatic heterocycles. The number of nitrogen functional groups attached to an aromatic ring is 1. The standard InChI is InChI=1S/C11H12ClN3O/c1-6(2)10-14-15-11(16-10)8-5-7(13)3-4-9(8)12/h3-6H,13H2,1-2H3. The first-order chi connectivity index (χ1) is 7.58. The fourth-order valence-corrected chi connectivity index (χ4v) is 1.48. The molecular weight excluding hydrogens is 226 g/mol. The van der Waals surface area contributed by atoms with Gasteiger partial charge in [0.1, 0.15) is 0 Å². The summed E-state index contributed by atoms with van der Waals surface area (Å²) in [5.41, 5.74) is 6.97. The summed E-state index contributed by atoms with van der Waals surface area (Å²) < 4.78 is 5.50. The van der Waals surface area contributed by atoms with Crippen LogP contribution in [0, 0.1) is 0 Å². The molecule has 0 atom stereocenters. The molecule has 0 spiro atoms. The van der Waals surface area contributed by atoms with E-state index in [1.54, 1.807) is 18.2 Å². The summed E-state index contributed by atoms with van der Waals surface area (Å²) in [6.07, 6.45) is 0. The number of nitrogens with zero attached hydrogens (tertiary/aromatic N) is 2. The van der Waals surface area contributed by atoms with Crippen molar-refractivity contribution in [2.45, 2.75) is 19.8 Å². The Hall–Kier alpha value is -1.55. The second kappa shape index (κ2) is 4.14. The maximum absolute atomic E-state index is 6.04. The van der Waals surface area contributed by atoms with Crippen LogP contribution in [0.1, 0.15) is 25.7 Å². The minimum atomic E-state index is 0.195. The van der Waals surface area contributed by atoms with Crippen molar-refractivity contribution < 1.29 is 4.42 Å². The van der Waals surface area contributed by atoms with Crippen molar-refractivity contribution >= 4 is 17.3 Å². The van der Waals surface area contributed by atoms with Crippen molar-refractivity contribution in [3.05, 3.63) is 29.1 Å². The van der Waals surface area contributed by atoms with E-state index in [-0.39, 0.29) is 5.92 Å². The maximum atomic E-state index is 6.04. The van der Waals surface area contributed by atoms with E-state index in [9.17, 15) is 0 Å². The van der Waals surface area contributed by atoms with Crippen molar-refractivity contribution in [3.63, 3.8) is 0 Å². The molecule has 2 rings (SSSR count). The fourth-order valence-electron chi connectivity index (χ4n) is 1.28. The SMILES string of the molecule is CC(C)c1nnc(-c2cc(N)ccc2Cl)o1. The van der Waals surface area contributed by atoms with E-state index in [1.807, 2.05) is 13.8 Å². The average Bonchev–Trinajstić information content (AvgIpc) is 2.70. The van der Waals surface area contributed by atoms with E-state index < -0.39 is 0 Å². The summed E-state index contributed by atoms with van der Waals surface area (Å²) in [6.45, 7) is 3.97. The normalized spacial score (nSPS) is 11.0. The molecule has 0 saturated carbocycles. The van der Waals surface area contributed by atoms with Gasteiger partial charge in [-0.15, -0.1) is 10.2 Å². The summed E-state index contributed by atoms with van der Waals surface area (Å²) >= 11 is 6.04. The lowest BCUT2D eigenvalue weighted by Gasteiger charge is -2.00. The molecule has 0 unspecified atom stereocenters. The first-order valence-electron chi connectivity index (χ1n) is 4.96. The van der Waals surface area contributed by atoms with Gasteiger partial charge in [0.2, 0.25) is 11.8 Å². The Kier molecular flexibility index (Phi) is 2.83. The molecule has 0 fully saturated rings. The van der Waals surface area contributed by atoms with Gasteiger partial charge in [0.05, 0.1) is 10.6 Å². The summed E-state index contributed by atoms with van der Waals surface area (Å²) in [6, 6.07) is 5.16. The first kappa shape index (κ1) is 11.0. The zero-order valence-corrected chi connectivity index (χ0v) is 9.82. The van der Waals surface area contributed by atoms with E-state index >= 15 is 0 Å². The van der Waals surface area contributed by atoms with Crippen LogP contribution in [0.25, 0.3) is 11.5 Å². The third-order valence-corrected chi connectivity index (χ3v) is 2.48. The Morgan fingerprint density at radius 3 is 2.69 bits per heavy atom. The number of halogens is 1. The van der Waals surface area contributed by atoms with Crippen molar-refractivity contribution in [2.24, 2.45) is 0 Å². The number of rotatable bonds is 2. The number of aromatic nitrogens is 2. The Bertz CT molecular complexity index is 508. The van der Waals surface area contributed by atoms with Crippen LogP contribution < -0.4 is 5.73 Å². The van der Waals surface area contributed by atoms with E-state index in [2.05, 4.69) is 10.2 Å². The van der Waals surface area contributed by atoms with Crippen LogP contribution in [0.4, 0.5) is 5.69 Å². The van der Waals surface area contributed by atoms with Gasteiger partial charge in [-0.05, 0) is 18.2 Å². The zero-order chi connectivity index (χ0) is 11.7. The number of anilines is 1. The fraction of sp³-hybridized carbons (Fsp3) is 0.273. The third-order valence-electron chi connectivity index (χ3n) is 2.16. The van der Waals surface area contributed by atoms with E-state index in [1.165, 1.54) is 0 Å². The zero-order valence-electron chi connectivity index (χ0n) is 9.07. The van der Waals surface area contributed by atoms with Crippen LogP contribution in [0.3, 0.4) is 0 Å². The molecule has 0 amide bonds. The highest BCUT2D eigenvalue weighted by molar-refractivity contribution is 6.33. The van der Waals surface area contributed by atoms with E-state index in [0.29, 0.717) is 28.1 Å². The summed E-state index contributed by atoms with van der Waals surface area (Å²) in [5.74, 6) is 1.19. The second-order valence-corrected chi connectivity index (χ2v) is 4.25. The van der Waals surface area contributed by atoms with Gasteiger partial charge < -0.3 is 10.2 Å². The summed E-state index contributed by atoms with van der Waals surface area (Å²) in [4.78, 5) is 0. The lowest BCUT2D eigenvalue weighted by Crippen LogP contribution is -1.86. The van der Waals surface area contributed by atoms with Crippen molar-refractivity contribution in [1.29, 1.82) is 0 Å². The molecule has 16 heavy (non-hydrogen) atoms. The van der Waals surface area contributed by atoms with Gasteiger partial charge in [-0.3, -0.25) is 0 Å². The quantitative estimate of drug-likeness (QED) is 0.816. The Morgan fingerprint density at radius 1 is 1.31 bits per heavy atom. The number of hydrogen-bond acceptors (Lipinski definition) is 4. The van der Waals surface area contributed by atoms with Crippen LogP contribution in [0.2, 0.25) is 5.02 Å². The molecule has 4 nitrogen and oxygen atoms in total. The van der Waals surface area contributed by atoms with Crippen molar-refractivity contribution in [1.82, 2.24) is 10.2 Å². The van der Waals surface area contributed by atoms with Crippen molar-refractivity contribution in [2.75, 3.05) is 5.73 Å². The van der Waals surface area contributed by atoms with Gasteiger partial charge in [-0.2, -0.15) is 0 Å². The molecule has 0 aliphatic carbocycles. The molecule has 0 bridgehead atoms. The van der Waals surface area contributed by atoms with Gasteiger partial charge in [0.25, 0.3) is 0 Å². The topological polar surface area (TPSA) is 64.9 Å². The average molecular weight is 238 g/mol. The van der Waals surface area contributed by atoms with Crippen LogP contribution in [-0.2, 0) is 0 Å². The van der Waals surface area contributed by atoms with Gasteiger partial charge >= 0.3 is 0 Å². The predicted octanol–water partition coefficient (Wildman–Crippen LogP) is 3.10. The number of nitrogens with two attached hydrogens (primary N) is 1. The minimum Gasteiger partial charge on any atom is -0.420 e. The van der Waals surface area contributed by atoms with Gasteiger partial charge in [-0.1, -0.05) is 25.4 Å². The van der Waals surface area contributed by atoms with Gasteiger partial charge in [0, 0.05) is 11.6 Å². The van der Waals surface area contributed by atoms with Gasteiger partial charge in [-0.25, -0.2) is 0 Å². The Labute approximate surface area is 98.4 Å². The maximum Gasteiger partial charge on any atom is 0.249 e. The predicted molar refractivity (Wildman–Crippen MR) is 63.2 cm³/mol. The Morgan fingerprint density at radius 2 is 2.06 bits per heavy atom. The van der Waals surface area contributed by atoms with Crippen LogP contribution in [-0.4, -0.2) is 10.2 Å². The second-order valence-electron chi connectivity index (χ2n) is 3.84. The molecule has 0 saturated heterocycles. The highest BCUT2D eigenvalue weighted by Gasteiger charge is 2.13. The number of hydrogen-bond donors (Lipinski definition) is 1. The highest BCUT2D eigenvalue weighted by Crippen LogP contribution is 2.29. The molecular formula is C11H12ClN3O. The van der Waals surface area contributed by atoms with E-state index in [4.69, 9.17) is 21.8 Å². The largest absolute Gasteiger partial charge is 0.420 e. The smallest absolute Gasteiger partial charge is 0.249 e.